The fourth-order valence-corrected chi connectivity index (χ4v) is 4.96. The zero-order valence-electron chi connectivity index (χ0n) is 21.2. The van der Waals surface area contributed by atoms with Crippen LogP contribution in [0.15, 0.2) is 42.5 Å². The molecule has 0 spiro atoms. The molecule has 3 atom stereocenters. The van der Waals surface area contributed by atoms with Crippen LogP contribution in [0.25, 0.3) is 0 Å². The van der Waals surface area contributed by atoms with Crippen LogP contribution in [0.5, 0.6) is 0 Å². The van der Waals surface area contributed by atoms with Gasteiger partial charge in [0.2, 0.25) is 0 Å². The Balaban J connectivity index is 1.96. The molecule has 0 radical (unpaired) electrons. The Kier molecular flexibility index (Phi) is 7.95. The number of anilines is 1. The maximum atomic E-state index is 13.2. The van der Waals surface area contributed by atoms with Gasteiger partial charge in [-0.3, -0.25) is 0 Å². The largest absolute Gasteiger partial charge is 0.465 e. The van der Waals surface area contributed by atoms with Crippen LogP contribution in [0.3, 0.4) is 0 Å². The van der Waals surface area contributed by atoms with Gasteiger partial charge in [0.15, 0.2) is 0 Å². The van der Waals surface area contributed by atoms with Crippen LogP contribution in [-0.2, 0) is 12.4 Å². The highest BCUT2D eigenvalue weighted by Gasteiger charge is 2.47. The number of alkyl halides is 6. The smallest absolute Gasteiger partial charge is 0.416 e. The summed E-state index contributed by atoms with van der Waals surface area (Å²) in [4.78, 5) is 26.3. The van der Waals surface area contributed by atoms with Gasteiger partial charge in [-0.1, -0.05) is 50.6 Å². The van der Waals surface area contributed by atoms with Gasteiger partial charge in [0.1, 0.15) is 0 Å². The lowest BCUT2D eigenvalue weighted by Gasteiger charge is -2.50. The van der Waals surface area contributed by atoms with Crippen molar-refractivity contribution in [1.29, 1.82) is 0 Å². The minimum atomic E-state index is -5.06. The number of halogens is 6. The van der Waals surface area contributed by atoms with E-state index in [2.05, 4.69) is 10.6 Å². The first kappa shape index (κ1) is 29.1. The Hall–Kier alpha value is -3.44. The van der Waals surface area contributed by atoms with Crippen LogP contribution in [0.4, 0.5) is 41.6 Å². The number of nitrogens with zero attached hydrogens (tertiary/aromatic N) is 1. The number of aryl methyl sites for hydroxylation is 1. The van der Waals surface area contributed by atoms with E-state index in [1.165, 1.54) is 4.90 Å². The van der Waals surface area contributed by atoms with Crippen molar-refractivity contribution in [2.75, 3.05) is 11.9 Å². The number of nitrogens with one attached hydrogen (secondary N) is 2. The molecule has 2 aromatic carbocycles. The summed E-state index contributed by atoms with van der Waals surface area (Å²) in [7, 11) is 0. The van der Waals surface area contributed by atoms with Crippen molar-refractivity contribution < 1.29 is 41.0 Å². The van der Waals surface area contributed by atoms with Crippen LogP contribution in [0, 0.1) is 12.3 Å². The number of hydrogen-bond acceptors (Lipinski definition) is 2. The fraction of sp³-hybridized carbons (Fsp3) is 0.462. The SMILES string of the molecule is Cc1ccc([C@H]2C(C(C)(C)C)N(C(=O)O)CC[C@H]2NC(=O)Nc2cc(C(F)(F)F)cc(C(F)(F)F)c2)cc1. The summed E-state index contributed by atoms with van der Waals surface area (Å²) in [5, 5.41) is 14.6. The number of carbonyl (C=O) groups excluding carboxylic acids is 1. The Bertz CT molecular complexity index is 1140. The first-order valence-electron chi connectivity index (χ1n) is 11.8. The van der Waals surface area contributed by atoms with E-state index in [1.54, 1.807) is 0 Å². The third kappa shape index (κ3) is 6.70. The molecule has 3 rings (SSSR count). The summed E-state index contributed by atoms with van der Waals surface area (Å²) < 4.78 is 79.3. The molecule has 38 heavy (non-hydrogen) atoms. The summed E-state index contributed by atoms with van der Waals surface area (Å²) in [6.07, 6.45) is -11.1. The summed E-state index contributed by atoms with van der Waals surface area (Å²) in [5.74, 6) is -0.543. The van der Waals surface area contributed by atoms with E-state index in [4.69, 9.17) is 0 Å². The predicted molar refractivity (Wildman–Crippen MR) is 129 cm³/mol. The molecule has 1 fully saturated rings. The van der Waals surface area contributed by atoms with E-state index in [-0.39, 0.29) is 19.0 Å². The Morgan fingerprint density at radius 2 is 1.45 bits per heavy atom. The Morgan fingerprint density at radius 1 is 0.921 bits per heavy atom. The molecule has 6 nitrogen and oxygen atoms in total. The molecule has 208 valence electrons. The van der Waals surface area contributed by atoms with Crippen molar-refractivity contribution in [2.24, 2.45) is 5.41 Å². The third-order valence-corrected chi connectivity index (χ3v) is 6.55. The van der Waals surface area contributed by atoms with Gasteiger partial charge < -0.3 is 20.6 Å². The average molecular weight is 546 g/mol. The quantitative estimate of drug-likeness (QED) is 0.360. The van der Waals surface area contributed by atoms with Crippen molar-refractivity contribution in [3.05, 3.63) is 64.7 Å². The third-order valence-electron chi connectivity index (χ3n) is 6.55. The average Bonchev–Trinajstić information content (AvgIpc) is 2.77. The second-order valence-electron chi connectivity index (χ2n) is 10.5. The Labute approximate surface area is 216 Å². The first-order valence-corrected chi connectivity index (χ1v) is 11.8. The highest BCUT2D eigenvalue weighted by atomic mass is 19.4. The van der Waals surface area contributed by atoms with Crippen LogP contribution >= 0.6 is 0 Å². The van der Waals surface area contributed by atoms with E-state index >= 15 is 0 Å². The molecule has 0 aliphatic carbocycles. The van der Waals surface area contributed by atoms with Gasteiger partial charge in [0, 0.05) is 30.2 Å². The summed E-state index contributed by atoms with van der Waals surface area (Å²) in [6, 6.07) is 5.90. The molecule has 0 saturated carbocycles. The highest BCUT2D eigenvalue weighted by Crippen LogP contribution is 2.42. The molecule has 2 aromatic rings. The number of carbonyl (C=O) groups is 2. The van der Waals surface area contributed by atoms with Crippen LogP contribution in [-0.4, -0.2) is 40.8 Å². The Morgan fingerprint density at radius 3 is 1.89 bits per heavy atom. The number of likely N-dealkylation sites (tertiary alicyclic amines) is 1. The molecule has 0 aromatic heterocycles. The van der Waals surface area contributed by atoms with Gasteiger partial charge in [0.05, 0.1) is 11.1 Å². The fourth-order valence-electron chi connectivity index (χ4n) is 4.96. The maximum Gasteiger partial charge on any atom is 0.416 e. The lowest BCUT2D eigenvalue weighted by Crippen LogP contribution is -2.60. The molecular formula is C26H29F6N3O3. The zero-order valence-corrected chi connectivity index (χ0v) is 21.2. The molecule has 3 amide bonds. The second-order valence-corrected chi connectivity index (χ2v) is 10.5. The van der Waals surface area contributed by atoms with Crippen molar-refractivity contribution in [3.8, 4) is 0 Å². The van der Waals surface area contributed by atoms with Gasteiger partial charge in [-0.15, -0.1) is 0 Å². The number of piperidine rings is 1. The van der Waals surface area contributed by atoms with E-state index in [1.807, 2.05) is 52.0 Å². The van der Waals surface area contributed by atoms with Crippen molar-refractivity contribution in [3.63, 3.8) is 0 Å². The van der Waals surface area contributed by atoms with E-state index in [0.717, 1.165) is 11.1 Å². The minimum Gasteiger partial charge on any atom is -0.465 e. The summed E-state index contributed by atoms with van der Waals surface area (Å²) >= 11 is 0. The number of amides is 3. The minimum absolute atomic E-state index is 0.0218. The number of rotatable bonds is 3. The van der Waals surface area contributed by atoms with E-state index < -0.39 is 64.7 Å². The molecule has 0 bridgehead atoms. The van der Waals surface area contributed by atoms with Gasteiger partial charge in [-0.25, -0.2) is 9.59 Å². The van der Waals surface area contributed by atoms with Crippen molar-refractivity contribution in [2.45, 2.75) is 64.5 Å². The van der Waals surface area contributed by atoms with Crippen LogP contribution < -0.4 is 10.6 Å². The van der Waals surface area contributed by atoms with Crippen molar-refractivity contribution in [1.82, 2.24) is 10.2 Å². The zero-order chi connectivity index (χ0) is 28.6. The van der Waals surface area contributed by atoms with Gasteiger partial charge in [-0.05, 0) is 42.5 Å². The molecular weight excluding hydrogens is 516 g/mol. The lowest BCUT2D eigenvalue weighted by atomic mass is 9.69. The monoisotopic (exact) mass is 545 g/mol. The molecule has 1 unspecified atom stereocenters. The highest BCUT2D eigenvalue weighted by molar-refractivity contribution is 5.89. The molecule has 1 saturated heterocycles. The molecule has 1 aliphatic heterocycles. The number of carboxylic acid groups (broad SMARTS) is 1. The number of urea groups is 1. The standard InChI is InChI=1S/C26H29F6N3O3/c1-14-5-7-15(8-6-14)20-19(9-10-35(23(37)38)21(20)24(2,3)4)34-22(36)33-18-12-16(25(27,28)29)11-17(13-18)26(30,31)32/h5-8,11-13,19-21H,9-10H2,1-4H3,(H,37,38)(H2,33,34,36)/t19-,20-,21?/m1/s1. The summed E-state index contributed by atoms with van der Waals surface area (Å²) in [6.45, 7) is 7.53. The van der Waals surface area contributed by atoms with Gasteiger partial charge in [-0.2, -0.15) is 26.3 Å². The molecule has 3 N–H and O–H groups in total. The predicted octanol–water partition coefficient (Wildman–Crippen LogP) is 7.10. The molecule has 1 aliphatic rings. The van der Waals surface area contributed by atoms with Gasteiger partial charge in [0.25, 0.3) is 0 Å². The summed E-state index contributed by atoms with van der Waals surface area (Å²) in [5.41, 5.74) is -2.66. The van der Waals surface area contributed by atoms with Crippen LogP contribution in [0.1, 0.15) is 55.4 Å². The lowest BCUT2D eigenvalue weighted by molar-refractivity contribution is -0.143. The van der Waals surface area contributed by atoms with E-state index in [9.17, 15) is 41.0 Å². The molecule has 1 heterocycles. The van der Waals surface area contributed by atoms with E-state index in [0.29, 0.717) is 12.1 Å². The maximum absolute atomic E-state index is 13.2. The van der Waals surface area contributed by atoms with Crippen molar-refractivity contribution >= 4 is 17.8 Å². The normalized spacial score (nSPS) is 20.7. The second kappa shape index (κ2) is 10.4. The van der Waals surface area contributed by atoms with Gasteiger partial charge >= 0.3 is 24.5 Å². The topological polar surface area (TPSA) is 81.7 Å². The molecule has 12 heteroatoms. The number of hydrogen-bond donors (Lipinski definition) is 3. The number of benzene rings is 2. The van der Waals surface area contributed by atoms with Crippen LogP contribution in [0.2, 0.25) is 0 Å². The first-order chi connectivity index (χ1) is 17.4.